The molecule has 1 aromatic heterocycles. The molecule has 206 valence electrons. The first-order valence-electron chi connectivity index (χ1n) is 13.7. The Labute approximate surface area is 235 Å². The van der Waals surface area contributed by atoms with Gasteiger partial charge in [-0.05, 0) is 61.7 Å². The summed E-state index contributed by atoms with van der Waals surface area (Å²) in [7, 11) is 0. The number of piperazine rings is 1. The Hall–Kier alpha value is -4.21. The predicted octanol–water partition coefficient (Wildman–Crippen LogP) is 4.35. The van der Waals surface area contributed by atoms with E-state index in [0.717, 1.165) is 73.8 Å². The molecule has 0 aliphatic carbocycles. The summed E-state index contributed by atoms with van der Waals surface area (Å²) in [5.74, 6) is 0.531. The smallest absolute Gasteiger partial charge is 0.255 e. The monoisotopic (exact) mass is 537 g/mol. The molecule has 2 aliphatic heterocycles. The molecule has 2 aliphatic rings. The number of hydrogen-bond acceptors (Lipinski definition) is 8. The number of allylic oxidation sites excluding steroid dienone is 1. The number of nitrogens with one attached hydrogen (secondary N) is 2. The van der Waals surface area contributed by atoms with Crippen LogP contribution in [0.15, 0.2) is 65.8 Å². The Morgan fingerprint density at radius 2 is 1.75 bits per heavy atom. The highest BCUT2D eigenvalue weighted by Gasteiger charge is 2.18. The van der Waals surface area contributed by atoms with Crippen LogP contribution in [0.25, 0.3) is 5.57 Å². The average Bonchev–Trinajstić information content (AvgIpc) is 2.96. The van der Waals surface area contributed by atoms with Crippen molar-refractivity contribution in [1.29, 1.82) is 0 Å². The van der Waals surface area contributed by atoms with Crippen molar-refractivity contribution in [2.24, 2.45) is 4.99 Å². The number of benzene rings is 2. The van der Waals surface area contributed by atoms with E-state index in [0.29, 0.717) is 23.7 Å². The molecule has 0 bridgehead atoms. The molecule has 2 aromatic carbocycles. The lowest BCUT2D eigenvalue weighted by atomic mass is 10.1. The second-order valence-electron chi connectivity index (χ2n) is 10.3. The SMILES string of the molecule is CC(=O)CN1CCN(Cc2ccc(C(=O)Nc3ccc(C)c(Nc4nccc(C5=CCCN=C5)n4)c3)cc2)CC1. The van der Waals surface area contributed by atoms with E-state index in [1.165, 1.54) is 0 Å². The molecule has 0 atom stereocenters. The first-order chi connectivity index (χ1) is 19.4. The van der Waals surface area contributed by atoms with Gasteiger partial charge in [-0.2, -0.15) is 0 Å². The van der Waals surface area contributed by atoms with Crippen molar-refractivity contribution in [3.63, 3.8) is 0 Å². The molecule has 1 saturated heterocycles. The molecule has 0 unspecified atom stereocenters. The van der Waals surface area contributed by atoms with Crippen LogP contribution >= 0.6 is 0 Å². The second kappa shape index (κ2) is 12.8. The maximum absolute atomic E-state index is 13.0. The molecule has 1 fully saturated rings. The zero-order valence-electron chi connectivity index (χ0n) is 23.1. The number of carbonyl (C=O) groups excluding carboxylic acids is 2. The summed E-state index contributed by atoms with van der Waals surface area (Å²) in [6.07, 6.45) is 6.61. The van der Waals surface area contributed by atoms with Crippen molar-refractivity contribution < 1.29 is 9.59 Å². The molecular weight excluding hydrogens is 502 g/mol. The number of aliphatic imine (C=N–C) groups is 1. The fraction of sp³-hybridized carbons (Fsp3) is 0.323. The number of anilines is 3. The summed E-state index contributed by atoms with van der Waals surface area (Å²) in [5, 5.41) is 6.30. The zero-order chi connectivity index (χ0) is 27.9. The van der Waals surface area contributed by atoms with Gasteiger partial charge in [0.25, 0.3) is 5.91 Å². The Balaban J connectivity index is 1.18. The van der Waals surface area contributed by atoms with Gasteiger partial charge in [0.05, 0.1) is 12.2 Å². The second-order valence-corrected chi connectivity index (χ2v) is 10.3. The highest BCUT2D eigenvalue weighted by molar-refractivity contribution is 6.09. The minimum Gasteiger partial charge on any atom is -0.324 e. The van der Waals surface area contributed by atoms with E-state index in [2.05, 4.69) is 41.5 Å². The van der Waals surface area contributed by atoms with E-state index >= 15 is 0 Å². The molecule has 5 rings (SSSR count). The maximum Gasteiger partial charge on any atom is 0.255 e. The standard InChI is InChI=1S/C31H35N7O2/c1-22-5-10-27(18-29(22)36-31-33-13-11-28(35-31)26-4-3-12-32-19-26)34-30(40)25-8-6-24(7-9-25)21-38-16-14-37(15-17-38)20-23(2)39/h4-11,13,18-19H,3,12,14-17,20-21H2,1-2H3,(H,34,40)(H,33,35,36). The number of rotatable bonds is 9. The molecule has 40 heavy (non-hydrogen) atoms. The Bertz CT molecular complexity index is 1420. The topological polar surface area (TPSA) is 103 Å². The molecular formula is C31H35N7O2. The molecule has 0 radical (unpaired) electrons. The third kappa shape index (κ3) is 7.25. The minimum absolute atomic E-state index is 0.166. The fourth-order valence-corrected chi connectivity index (χ4v) is 4.86. The minimum atomic E-state index is -0.166. The van der Waals surface area contributed by atoms with Gasteiger partial charge < -0.3 is 10.6 Å². The molecule has 0 saturated carbocycles. The van der Waals surface area contributed by atoms with Crippen molar-refractivity contribution in [3.05, 3.63) is 83.2 Å². The van der Waals surface area contributed by atoms with E-state index in [-0.39, 0.29) is 11.7 Å². The number of carbonyl (C=O) groups is 2. The predicted molar refractivity (Wildman–Crippen MR) is 159 cm³/mol. The summed E-state index contributed by atoms with van der Waals surface area (Å²) in [6, 6.07) is 15.4. The van der Waals surface area contributed by atoms with Gasteiger partial charge in [-0.1, -0.05) is 24.3 Å². The van der Waals surface area contributed by atoms with Crippen LogP contribution in [0.1, 0.15) is 40.5 Å². The lowest BCUT2D eigenvalue weighted by Gasteiger charge is -2.34. The first kappa shape index (κ1) is 27.4. The number of nitrogens with zero attached hydrogens (tertiary/aromatic N) is 5. The summed E-state index contributed by atoms with van der Waals surface area (Å²) < 4.78 is 0. The maximum atomic E-state index is 13.0. The van der Waals surface area contributed by atoms with Gasteiger partial charge in [-0.15, -0.1) is 0 Å². The zero-order valence-corrected chi connectivity index (χ0v) is 23.1. The number of aryl methyl sites for hydroxylation is 1. The van der Waals surface area contributed by atoms with Crippen LogP contribution in [0.5, 0.6) is 0 Å². The quantitative estimate of drug-likeness (QED) is 0.418. The summed E-state index contributed by atoms with van der Waals surface area (Å²) in [4.78, 5) is 42.3. The lowest BCUT2D eigenvalue weighted by Crippen LogP contribution is -2.47. The van der Waals surface area contributed by atoms with Gasteiger partial charge in [-0.3, -0.25) is 24.4 Å². The molecule has 0 spiro atoms. The molecule has 3 heterocycles. The van der Waals surface area contributed by atoms with Crippen LogP contribution in [0.4, 0.5) is 17.3 Å². The van der Waals surface area contributed by atoms with Crippen LogP contribution in [0.2, 0.25) is 0 Å². The normalized spacial score (nSPS) is 15.9. The Morgan fingerprint density at radius 1 is 0.975 bits per heavy atom. The first-order valence-corrected chi connectivity index (χ1v) is 13.7. The molecule has 3 aromatic rings. The lowest BCUT2D eigenvalue weighted by molar-refractivity contribution is -0.118. The van der Waals surface area contributed by atoms with Gasteiger partial charge >= 0.3 is 0 Å². The highest BCUT2D eigenvalue weighted by atomic mass is 16.1. The van der Waals surface area contributed by atoms with Crippen LogP contribution in [-0.4, -0.2) is 76.9 Å². The molecule has 2 N–H and O–H groups in total. The van der Waals surface area contributed by atoms with Gasteiger partial charge in [0.1, 0.15) is 5.78 Å². The highest BCUT2D eigenvalue weighted by Crippen LogP contribution is 2.24. The van der Waals surface area contributed by atoms with E-state index in [9.17, 15) is 9.59 Å². The summed E-state index contributed by atoms with van der Waals surface area (Å²) >= 11 is 0. The number of dihydropyridines is 1. The largest absolute Gasteiger partial charge is 0.324 e. The number of amides is 1. The van der Waals surface area contributed by atoms with Gasteiger partial charge in [0.2, 0.25) is 5.95 Å². The average molecular weight is 538 g/mol. The van der Waals surface area contributed by atoms with Crippen LogP contribution in [0, 0.1) is 6.92 Å². The number of Topliss-reactive ketones (excluding diaryl/α,β-unsaturated/α-hetero) is 1. The number of hydrogen-bond donors (Lipinski definition) is 2. The van der Waals surface area contributed by atoms with E-state index in [1.54, 1.807) is 13.1 Å². The third-order valence-corrected chi connectivity index (χ3v) is 7.08. The van der Waals surface area contributed by atoms with Crippen LogP contribution in [-0.2, 0) is 11.3 Å². The number of aromatic nitrogens is 2. The van der Waals surface area contributed by atoms with Crippen LogP contribution in [0.3, 0.4) is 0 Å². The Morgan fingerprint density at radius 3 is 2.48 bits per heavy atom. The van der Waals surface area contributed by atoms with Crippen molar-refractivity contribution >= 4 is 40.8 Å². The molecule has 9 heteroatoms. The fourth-order valence-electron chi connectivity index (χ4n) is 4.86. The van der Waals surface area contributed by atoms with E-state index in [1.807, 2.05) is 61.7 Å². The van der Waals surface area contributed by atoms with Gasteiger partial charge in [0.15, 0.2) is 0 Å². The number of ketones is 1. The van der Waals surface area contributed by atoms with Crippen LogP contribution < -0.4 is 10.6 Å². The van der Waals surface area contributed by atoms with Gasteiger partial charge in [-0.25, -0.2) is 9.97 Å². The summed E-state index contributed by atoms with van der Waals surface area (Å²) in [6.45, 7) is 9.47. The third-order valence-electron chi connectivity index (χ3n) is 7.08. The van der Waals surface area contributed by atoms with Crippen molar-refractivity contribution in [3.8, 4) is 0 Å². The van der Waals surface area contributed by atoms with Gasteiger partial charge in [0, 0.05) is 74.2 Å². The van der Waals surface area contributed by atoms with Crippen molar-refractivity contribution in [1.82, 2.24) is 19.8 Å². The molecule has 1 amide bonds. The Kier molecular flexibility index (Phi) is 8.73. The van der Waals surface area contributed by atoms with Crippen molar-refractivity contribution in [2.45, 2.75) is 26.8 Å². The van der Waals surface area contributed by atoms with Crippen molar-refractivity contribution in [2.75, 3.05) is 49.9 Å². The van der Waals surface area contributed by atoms with E-state index in [4.69, 9.17) is 0 Å². The van der Waals surface area contributed by atoms with E-state index < -0.39 is 0 Å². The summed E-state index contributed by atoms with van der Waals surface area (Å²) in [5.41, 5.74) is 6.09. The molecule has 9 nitrogen and oxygen atoms in total.